The van der Waals surface area contributed by atoms with Crippen molar-refractivity contribution in [3.63, 3.8) is 0 Å². The molecule has 2 aromatic rings. The highest BCUT2D eigenvalue weighted by molar-refractivity contribution is 7.23. The summed E-state index contributed by atoms with van der Waals surface area (Å²) in [5, 5.41) is 0.630. The van der Waals surface area contributed by atoms with Gasteiger partial charge in [0.25, 0.3) is 11.8 Å². The molecule has 0 atom stereocenters. The van der Waals surface area contributed by atoms with E-state index in [1.54, 1.807) is 67.7 Å². The third kappa shape index (κ3) is 6.16. The van der Waals surface area contributed by atoms with Gasteiger partial charge in [-0.05, 0) is 24.3 Å². The van der Waals surface area contributed by atoms with E-state index in [1.807, 2.05) is 14.1 Å². The van der Waals surface area contributed by atoms with E-state index in [4.69, 9.17) is 13.6 Å². The number of benzene rings is 2. The Bertz CT molecular complexity index is 556. The average molecular weight is 302 g/mol. The molecular weight excluding hydrogens is 285 g/mol. The molecule has 0 aliphatic heterocycles. The van der Waals surface area contributed by atoms with Crippen LogP contribution in [0.3, 0.4) is 0 Å². The molecule has 0 saturated carbocycles. The lowest BCUT2D eigenvalue weighted by molar-refractivity contribution is 0.0615. The van der Waals surface area contributed by atoms with Crippen molar-refractivity contribution in [2.24, 2.45) is 5.84 Å². The van der Waals surface area contributed by atoms with Gasteiger partial charge in [0.15, 0.2) is 0 Å². The van der Waals surface area contributed by atoms with Crippen LogP contribution in [0, 0.1) is 0 Å². The summed E-state index contributed by atoms with van der Waals surface area (Å²) in [7, 11) is 8.42. The Kier molecular flexibility index (Phi) is 8.54. The Morgan fingerprint density at radius 3 is 1.61 bits per heavy atom. The molecule has 7 heteroatoms. The Morgan fingerprint density at radius 1 is 0.957 bits per heavy atom. The van der Waals surface area contributed by atoms with E-state index in [1.165, 1.54) is 0 Å². The maximum Gasteiger partial charge on any atom is 0.275 e. The SMILES string of the molecule is NN(C(=O)c1ccccc1)C(=O)c1ccccc1.[B][B][B]CC. The Morgan fingerprint density at radius 2 is 1.35 bits per heavy atom. The number of nitrogens with zero attached hydrogens (tertiary/aromatic N) is 1. The fourth-order valence-corrected chi connectivity index (χ4v) is 1.67. The number of imide groups is 1. The van der Waals surface area contributed by atoms with Crippen molar-refractivity contribution in [2.45, 2.75) is 13.2 Å². The molecule has 0 aliphatic rings. The van der Waals surface area contributed by atoms with E-state index < -0.39 is 11.8 Å². The molecule has 0 aliphatic carbocycles. The molecule has 0 spiro atoms. The number of carbonyl (C=O) groups excluding carboxylic acids is 2. The fraction of sp³-hybridized carbons (Fsp3) is 0.125. The number of rotatable bonds is 4. The van der Waals surface area contributed by atoms with Gasteiger partial charge in [0.1, 0.15) is 0 Å². The smallest absolute Gasteiger partial charge is 0.267 e. The van der Waals surface area contributed by atoms with Gasteiger partial charge in [-0.25, -0.2) is 10.9 Å². The van der Waals surface area contributed by atoms with Crippen molar-refractivity contribution in [1.82, 2.24) is 5.01 Å². The maximum absolute atomic E-state index is 11.9. The standard InChI is InChI=1S/C14H12N2O2.C2H5B3/c15-16(13(17)11-7-3-1-4-8-11)14(18)12-9-5-2-6-10-12;1-2-4-5-3/h1-10H,15H2;2H2,1H3. The highest BCUT2D eigenvalue weighted by Crippen LogP contribution is 2.06. The van der Waals surface area contributed by atoms with Crippen molar-refractivity contribution in [3.8, 4) is 0 Å². The van der Waals surface area contributed by atoms with Gasteiger partial charge in [-0.2, -0.15) is 0 Å². The zero-order valence-electron chi connectivity index (χ0n) is 13.1. The molecule has 0 unspecified atom stereocenters. The molecular formula is C16H17B3N2O2. The quantitative estimate of drug-likeness (QED) is 0.307. The third-order valence-corrected chi connectivity index (χ3v) is 2.85. The number of hydrazine groups is 1. The largest absolute Gasteiger partial charge is 0.275 e. The van der Waals surface area contributed by atoms with Gasteiger partial charge in [-0.1, -0.05) is 49.6 Å². The summed E-state index contributed by atoms with van der Waals surface area (Å²) >= 11 is 0. The molecule has 112 valence electrons. The van der Waals surface area contributed by atoms with Gasteiger partial charge in [-0.15, -0.1) is 0 Å². The minimum Gasteiger partial charge on any atom is -0.267 e. The first-order valence-corrected chi connectivity index (χ1v) is 7.22. The second-order valence-corrected chi connectivity index (χ2v) is 4.55. The van der Waals surface area contributed by atoms with E-state index in [-0.39, 0.29) is 0 Å². The van der Waals surface area contributed by atoms with Gasteiger partial charge >= 0.3 is 0 Å². The van der Waals surface area contributed by atoms with Crippen LogP contribution >= 0.6 is 0 Å². The molecule has 0 aromatic heterocycles. The van der Waals surface area contributed by atoms with Crippen molar-refractivity contribution < 1.29 is 9.59 Å². The van der Waals surface area contributed by atoms with Crippen LogP contribution in [0.15, 0.2) is 60.7 Å². The van der Waals surface area contributed by atoms with Crippen molar-refractivity contribution in [2.75, 3.05) is 0 Å². The first-order chi connectivity index (χ1) is 11.1. The first-order valence-electron chi connectivity index (χ1n) is 7.22. The fourth-order valence-electron chi connectivity index (χ4n) is 1.67. The summed E-state index contributed by atoms with van der Waals surface area (Å²) in [6, 6.07) is 16.9. The molecule has 4 nitrogen and oxygen atoms in total. The van der Waals surface area contributed by atoms with Crippen LogP contribution in [0.5, 0.6) is 0 Å². The first kappa shape index (κ1) is 18.8. The molecule has 0 bridgehead atoms. The average Bonchev–Trinajstić information content (AvgIpc) is 2.62. The predicted molar refractivity (Wildman–Crippen MR) is 95.3 cm³/mol. The molecule has 2 N–H and O–H groups in total. The second kappa shape index (κ2) is 10.5. The van der Waals surface area contributed by atoms with Crippen molar-refractivity contribution >= 4 is 33.8 Å². The number of hydrogen-bond acceptors (Lipinski definition) is 3. The topological polar surface area (TPSA) is 63.4 Å². The predicted octanol–water partition coefficient (Wildman–Crippen LogP) is 1.67. The number of amides is 2. The zero-order chi connectivity index (χ0) is 17.1. The molecule has 2 rings (SSSR count). The van der Waals surface area contributed by atoms with E-state index >= 15 is 0 Å². The van der Waals surface area contributed by atoms with Crippen molar-refractivity contribution in [1.29, 1.82) is 0 Å². The molecule has 2 aromatic carbocycles. The van der Waals surface area contributed by atoms with Crippen LogP contribution < -0.4 is 5.84 Å². The van der Waals surface area contributed by atoms with Crippen LogP contribution in [-0.4, -0.2) is 38.8 Å². The minimum atomic E-state index is -0.524. The Labute approximate surface area is 139 Å². The molecule has 23 heavy (non-hydrogen) atoms. The summed E-state index contributed by atoms with van der Waals surface area (Å²) in [5.74, 6) is 4.51. The van der Waals surface area contributed by atoms with Gasteiger partial charge < -0.3 is 0 Å². The van der Waals surface area contributed by atoms with E-state index in [2.05, 4.69) is 0 Å². The van der Waals surface area contributed by atoms with Crippen LogP contribution in [0.25, 0.3) is 0 Å². The number of nitrogens with two attached hydrogens (primary N) is 1. The van der Waals surface area contributed by atoms with E-state index in [9.17, 15) is 9.59 Å². The second-order valence-electron chi connectivity index (χ2n) is 4.55. The van der Waals surface area contributed by atoms with Crippen LogP contribution in [0.1, 0.15) is 27.6 Å². The van der Waals surface area contributed by atoms with E-state index in [0.29, 0.717) is 16.1 Å². The van der Waals surface area contributed by atoms with Crippen molar-refractivity contribution in [3.05, 3.63) is 71.8 Å². The lowest BCUT2D eigenvalue weighted by Gasteiger charge is -2.14. The normalized spacial score (nSPS) is 9.13. The molecule has 2 amide bonds. The molecule has 0 saturated heterocycles. The summed E-state index contributed by atoms with van der Waals surface area (Å²) < 4.78 is 0. The van der Waals surface area contributed by atoms with Crippen LogP contribution in [0.2, 0.25) is 6.32 Å². The molecule has 4 radical (unpaired) electrons. The summed E-state index contributed by atoms with van der Waals surface area (Å²) in [6.07, 6.45) is 1.04. The van der Waals surface area contributed by atoms with Crippen LogP contribution in [-0.2, 0) is 0 Å². The summed E-state index contributed by atoms with van der Waals surface area (Å²) in [4.78, 5) is 23.9. The van der Waals surface area contributed by atoms with Crippen LogP contribution in [0.4, 0.5) is 0 Å². The van der Waals surface area contributed by atoms with Gasteiger partial charge in [0.05, 0.1) is 7.17 Å². The monoisotopic (exact) mass is 302 g/mol. The lowest BCUT2D eigenvalue weighted by atomic mass is 9.27. The molecule has 0 fully saturated rings. The van der Waals surface area contributed by atoms with E-state index in [0.717, 1.165) is 6.32 Å². The number of hydrogen-bond donors (Lipinski definition) is 1. The Balaban J connectivity index is 0.000000463. The van der Waals surface area contributed by atoms with Gasteiger partial charge in [-0.3, -0.25) is 9.59 Å². The highest BCUT2D eigenvalue weighted by atomic mass is 16.2. The minimum absolute atomic E-state index is 0.379. The zero-order valence-corrected chi connectivity index (χ0v) is 13.1. The Hall–Kier alpha value is -2.27. The highest BCUT2D eigenvalue weighted by Gasteiger charge is 2.20. The number of carbonyl (C=O) groups is 2. The van der Waals surface area contributed by atoms with Gasteiger partial charge in [0, 0.05) is 25.9 Å². The van der Waals surface area contributed by atoms with Gasteiger partial charge in [0.2, 0.25) is 0 Å². The third-order valence-electron chi connectivity index (χ3n) is 2.85. The lowest BCUT2D eigenvalue weighted by Crippen LogP contribution is -2.42. The summed E-state index contributed by atoms with van der Waals surface area (Å²) in [6.45, 7) is 2.04. The molecule has 0 heterocycles. The summed E-state index contributed by atoms with van der Waals surface area (Å²) in [5.41, 5.74) is 0.758. The maximum atomic E-state index is 11.9.